The molecule has 0 unspecified atom stereocenters. The molecule has 7 heteroatoms. The van der Waals surface area contributed by atoms with Gasteiger partial charge in [0, 0.05) is 4.90 Å². The van der Waals surface area contributed by atoms with Crippen molar-refractivity contribution in [1.82, 2.24) is 0 Å². The molecule has 6 nitrogen and oxygen atoms in total. The Morgan fingerprint density at radius 3 is 2.69 bits per heavy atom. The fraction of sp³-hybridized carbons (Fsp3) is 0.211. The Bertz CT molecular complexity index is 853. The summed E-state index contributed by atoms with van der Waals surface area (Å²) in [6.07, 6.45) is 0. The first kappa shape index (κ1) is 18.0. The number of nitrogens with zero attached hydrogens (tertiary/aromatic N) is 1. The van der Waals surface area contributed by atoms with Gasteiger partial charge < -0.3 is 10.1 Å². The zero-order chi connectivity index (χ0) is 18.5. The van der Waals surface area contributed by atoms with E-state index in [1.54, 1.807) is 36.4 Å². The van der Waals surface area contributed by atoms with Crippen LogP contribution in [0.25, 0.3) is 0 Å². The summed E-state index contributed by atoms with van der Waals surface area (Å²) in [6, 6.07) is 14.1. The summed E-state index contributed by atoms with van der Waals surface area (Å²) >= 11 is 1.53. The van der Waals surface area contributed by atoms with Gasteiger partial charge in [-0.25, -0.2) is 4.79 Å². The maximum atomic E-state index is 12.5. The van der Waals surface area contributed by atoms with Crippen LogP contribution in [0.2, 0.25) is 0 Å². The van der Waals surface area contributed by atoms with E-state index in [9.17, 15) is 14.4 Å². The molecule has 1 N–H and O–H groups in total. The minimum absolute atomic E-state index is 0.102. The molecule has 1 aliphatic heterocycles. The summed E-state index contributed by atoms with van der Waals surface area (Å²) in [6.45, 7) is 1.47. The van der Waals surface area contributed by atoms with E-state index in [1.807, 2.05) is 19.1 Å². The number of nitrogens with one attached hydrogen (secondary N) is 1. The third kappa shape index (κ3) is 3.88. The molecule has 1 heterocycles. The summed E-state index contributed by atoms with van der Waals surface area (Å²) in [4.78, 5) is 38.8. The van der Waals surface area contributed by atoms with Gasteiger partial charge >= 0.3 is 5.97 Å². The minimum Gasteiger partial charge on any atom is -0.452 e. The summed E-state index contributed by atoms with van der Waals surface area (Å²) in [5.41, 5.74) is 1.59. The van der Waals surface area contributed by atoms with Gasteiger partial charge in [-0.1, -0.05) is 31.2 Å². The first-order chi connectivity index (χ1) is 12.6. The van der Waals surface area contributed by atoms with Crippen LogP contribution in [-0.2, 0) is 14.3 Å². The van der Waals surface area contributed by atoms with Gasteiger partial charge in [0.2, 0.25) is 5.91 Å². The van der Waals surface area contributed by atoms with Gasteiger partial charge in [0.1, 0.15) is 6.54 Å². The maximum Gasteiger partial charge on any atom is 0.339 e. The lowest BCUT2D eigenvalue weighted by atomic mass is 10.2. The fourth-order valence-electron chi connectivity index (χ4n) is 2.66. The van der Waals surface area contributed by atoms with Crippen LogP contribution in [0.1, 0.15) is 17.3 Å². The fourth-order valence-corrected chi connectivity index (χ4v) is 3.45. The second-order valence-electron chi connectivity index (χ2n) is 5.55. The van der Waals surface area contributed by atoms with E-state index < -0.39 is 18.5 Å². The first-order valence-electron chi connectivity index (χ1n) is 8.18. The highest BCUT2D eigenvalue weighted by Gasteiger charge is 2.27. The number of amides is 2. The molecule has 0 atom stereocenters. The van der Waals surface area contributed by atoms with Crippen LogP contribution in [0.3, 0.4) is 0 Å². The molecule has 3 rings (SSSR count). The SMILES string of the molecule is CCSc1ccccc1C(=O)OCC(=O)N1CC(=O)Nc2ccccc21. The van der Waals surface area contributed by atoms with Crippen LogP contribution >= 0.6 is 11.8 Å². The summed E-state index contributed by atoms with van der Waals surface area (Å²) in [7, 11) is 0. The van der Waals surface area contributed by atoms with Crippen molar-refractivity contribution < 1.29 is 19.1 Å². The van der Waals surface area contributed by atoms with Crippen molar-refractivity contribution in [3.8, 4) is 0 Å². The molecule has 0 fully saturated rings. The van der Waals surface area contributed by atoms with Gasteiger partial charge in [0.05, 0.1) is 16.9 Å². The number of benzene rings is 2. The molecule has 134 valence electrons. The number of rotatable bonds is 5. The number of hydrogen-bond acceptors (Lipinski definition) is 5. The summed E-state index contributed by atoms with van der Waals surface area (Å²) in [5, 5.41) is 2.71. The molecule has 0 aliphatic carbocycles. The Morgan fingerprint density at radius 1 is 1.15 bits per heavy atom. The Hall–Kier alpha value is -2.80. The topological polar surface area (TPSA) is 75.7 Å². The van der Waals surface area contributed by atoms with Gasteiger partial charge in [0.25, 0.3) is 5.91 Å². The van der Waals surface area contributed by atoms with Crippen molar-refractivity contribution in [1.29, 1.82) is 0 Å². The predicted octanol–water partition coefficient (Wildman–Crippen LogP) is 2.94. The number of carbonyl (C=O) groups excluding carboxylic acids is 3. The molecular formula is C19H18N2O4S. The van der Waals surface area contributed by atoms with Crippen molar-refractivity contribution in [2.75, 3.05) is 29.1 Å². The van der Waals surface area contributed by atoms with Crippen LogP contribution in [0.15, 0.2) is 53.4 Å². The van der Waals surface area contributed by atoms with Crippen LogP contribution < -0.4 is 10.2 Å². The van der Waals surface area contributed by atoms with E-state index in [0.29, 0.717) is 16.9 Å². The number of para-hydroxylation sites is 2. The normalized spacial score (nSPS) is 13.0. The second kappa shape index (κ2) is 8.05. The van der Waals surface area contributed by atoms with E-state index in [0.717, 1.165) is 10.6 Å². The van der Waals surface area contributed by atoms with Crippen LogP contribution in [0, 0.1) is 0 Å². The molecule has 0 saturated carbocycles. The number of ether oxygens (including phenoxy) is 1. The zero-order valence-corrected chi connectivity index (χ0v) is 15.0. The molecule has 0 spiro atoms. The van der Waals surface area contributed by atoms with Crippen molar-refractivity contribution in [2.24, 2.45) is 0 Å². The molecule has 0 saturated heterocycles. The third-order valence-electron chi connectivity index (χ3n) is 3.81. The highest BCUT2D eigenvalue weighted by molar-refractivity contribution is 7.99. The van der Waals surface area contributed by atoms with Gasteiger partial charge in [-0.2, -0.15) is 0 Å². The number of hydrogen-bond donors (Lipinski definition) is 1. The average Bonchev–Trinajstić information content (AvgIpc) is 2.65. The van der Waals surface area contributed by atoms with Gasteiger partial charge in [0.15, 0.2) is 6.61 Å². The van der Waals surface area contributed by atoms with Gasteiger partial charge in [-0.3, -0.25) is 14.5 Å². The van der Waals surface area contributed by atoms with Gasteiger partial charge in [-0.15, -0.1) is 11.8 Å². The number of carbonyl (C=O) groups is 3. The molecule has 0 radical (unpaired) electrons. The minimum atomic E-state index is -0.551. The lowest BCUT2D eigenvalue weighted by molar-refractivity contribution is -0.124. The lowest BCUT2D eigenvalue weighted by Gasteiger charge is -2.28. The summed E-state index contributed by atoms with van der Waals surface area (Å²) in [5.74, 6) is -0.456. The number of thioether (sulfide) groups is 1. The van der Waals surface area contributed by atoms with Crippen LogP contribution in [-0.4, -0.2) is 36.7 Å². The quantitative estimate of drug-likeness (QED) is 0.647. The van der Waals surface area contributed by atoms with Crippen molar-refractivity contribution >= 4 is 40.9 Å². The molecule has 2 aromatic carbocycles. The number of fused-ring (bicyclic) bond motifs is 1. The highest BCUT2D eigenvalue weighted by Crippen LogP contribution is 2.29. The van der Waals surface area contributed by atoms with Crippen molar-refractivity contribution in [3.05, 3.63) is 54.1 Å². The second-order valence-corrected chi connectivity index (χ2v) is 6.86. The standard InChI is InChI=1S/C19H18N2O4S/c1-2-26-16-10-6-3-7-13(16)19(24)25-12-18(23)21-11-17(22)20-14-8-4-5-9-15(14)21/h3-10H,2,11-12H2,1H3,(H,20,22). The van der Waals surface area contributed by atoms with Crippen molar-refractivity contribution in [2.45, 2.75) is 11.8 Å². The molecule has 2 aromatic rings. The molecule has 0 bridgehead atoms. The Labute approximate surface area is 155 Å². The van der Waals surface area contributed by atoms with Crippen LogP contribution in [0.4, 0.5) is 11.4 Å². The lowest BCUT2D eigenvalue weighted by Crippen LogP contribution is -2.44. The summed E-state index contributed by atoms with van der Waals surface area (Å²) < 4.78 is 5.21. The molecule has 2 amide bonds. The number of anilines is 2. The van der Waals surface area contributed by atoms with E-state index in [-0.39, 0.29) is 12.5 Å². The Kier molecular flexibility index (Phi) is 5.58. The number of esters is 1. The van der Waals surface area contributed by atoms with E-state index in [2.05, 4.69) is 5.32 Å². The van der Waals surface area contributed by atoms with E-state index in [1.165, 1.54) is 16.7 Å². The average molecular weight is 370 g/mol. The zero-order valence-electron chi connectivity index (χ0n) is 14.2. The smallest absolute Gasteiger partial charge is 0.339 e. The van der Waals surface area contributed by atoms with E-state index >= 15 is 0 Å². The maximum absolute atomic E-state index is 12.5. The predicted molar refractivity (Wildman–Crippen MR) is 101 cm³/mol. The third-order valence-corrected chi connectivity index (χ3v) is 4.76. The Morgan fingerprint density at radius 2 is 1.88 bits per heavy atom. The first-order valence-corrected chi connectivity index (χ1v) is 9.17. The van der Waals surface area contributed by atoms with Crippen molar-refractivity contribution in [3.63, 3.8) is 0 Å². The monoisotopic (exact) mass is 370 g/mol. The molecule has 1 aliphatic rings. The highest BCUT2D eigenvalue weighted by atomic mass is 32.2. The molecule has 0 aromatic heterocycles. The largest absolute Gasteiger partial charge is 0.452 e. The molecule has 26 heavy (non-hydrogen) atoms. The van der Waals surface area contributed by atoms with Gasteiger partial charge in [-0.05, 0) is 30.0 Å². The van der Waals surface area contributed by atoms with Crippen LogP contribution in [0.5, 0.6) is 0 Å². The van der Waals surface area contributed by atoms with E-state index in [4.69, 9.17) is 4.74 Å². The molecular weight excluding hydrogens is 352 g/mol. The Balaban J connectivity index is 1.70.